The summed E-state index contributed by atoms with van der Waals surface area (Å²) in [7, 11) is 0. The van der Waals surface area contributed by atoms with Crippen molar-refractivity contribution in [2.24, 2.45) is 0 Å². The summed E-state index contributed by atoms with van der Waals surface area (Å²) in [5.74, 6) is -0.0748. The van der Waals surface area contributed by atoms with Crippen LogP contribution < -0.4 is 4.90 Å². The monoisotopic (exact) mass is 259 g/mol. The van der Waals surface area contributed by atoms with Gasteiger partial charge in [-0.05, 0) is 31.5 Å². The molecule has 5 heteroatoms. The minimum atomic E-state index is -0.942. The van der Waals surface area contributed by atoms with Gasteiger partial charge in [-0.15, -0.1) is 0 Å². The number of rotatable bonds is 5. The second kappa shape index (κ2) is 5.65. The summed E-state index contributed by atoms with van der Waals surface area (Å²) in [6.45, 7) is 5.98. The molecule has 2 aromatic rings. The van der Waals surface area contributed by atoms with Crippen molar-refractivity contribution in [2.45, 2.75) is 20.3 Å². The molecule has 0 unspecified atom stereocenters. The fourth-order valence-corrected chi connectivity index (χ4v) is 2.11. The highest BCUT2D eigenvalue weighted by atomic mass is 16.4. The van der Waals surface area contributed by atoms with E-state index in [1.807, 2.05) is 0 Å². The van der Waals surface area contributed by atoms with Gasteiger partial charge in [0.05, 0.1) is 11.1 Å². The van der Waals surface area contributed by atoms with Gasteiger partial charge in [0, 0.05) is 18.5 Å². The van der Waals surface area contributed by atoms with Crippen molar-refractivity contribution in [3.63, 3.8) is 0 Å². The molecule has 5 nitrogen and oxygen atoms in total. The Kier molecular flexibility index (Phi) is 3.94. The lowest BCUT2D eigenvalue weighted by molar-refractivity contribution is 0.0697. The molecule has 0 amide bonds. The van der Waals surface area contributed by atoms with Crippen LogP contribution in [0.1, 0.15) is 30.6 Å². The van der Waals surface area contributed by atoms with Crippen LogP contribution in [-0.4, -0.2) is 34.1 Å². The number of anilines is 1. The first kappa shape index (κ1) is 13.3. The Morgan fingerprint density at radius 3 is 2.74 bits per heavy atom. The smallest absolute Gasteiger partial charge is 0.335 e. The average Bonchev–Trinajstić information content (AvgIpc) is 2.43. The summed E-state index contributed by atoms with van der Waals surface area (Å²) in [6, 6.07) is 4.96. The number of carboxylic acids is 1. The lowest BCUT2D eigenvalue weighted by Gasteiger charge is -2.22. The molecule has 0 saturated heterocycles. The summed E-state index contributed by atoms with van der Waals surface area (Å²) in [6.07, 6.45) is 2.52. The van der Waals surface area contributed by atoms with Crippen LogP contribution in [0.25, 0.3) is 10.9 Å². The van der Waals surface area contributed by atoms with Crippen molar-refractivity contribution in [2.75, 3.05) is 18.0 Å². The van der Waals surface area contributed by atoms with E-state index in [4.69, 9.17) is 5.11 Å². The topological polar surface area (TPSA) is 66.3 Å². The van der Waals surface area contributed by atoms with Crippen LogP contribution in [0.5, 0.6) is 0 Å². The van der Waals surface area contributed by atoms with Crippen LogP contribution in [0, 0.1) is 0 Å². The van der Waals surface area contributed by atoms with Crippen LogP contribution in [0.2, 0.25) is 0 Å². The van der Waals surface area contributed by atoms with Crippen molar-refractivity contribution >= 4 is 22.7 Å². The molecule has 1 aromatic heterocycles. The van der Waals surface area contributed by atoms with Gasteiger partial charge in [0.15, 0.2) is 0 Å². The van der Waals surface area contributed by atoms with E-state index in [0.717, 1.165) is 30.7 Å². The number of hydrogen-bond donors (Lipinski definition) is 1. The Morgan fingerprint density at radius 2 is 2.11 bits per heavy atom. The fourth-order valence-electron chi connectivity index (χ4n) is 2.11. The van der Waals surface area contributed by atoms with Crippen LogP contribution in [-0.2, 0) is 0 Å². The number of carbonyl (C=O) groups is 1. The molecule has 1 heterocycles. The van der Waals surface area contributed by atoms with Crippen LogP contribution in [0.3, 0.4) is 0 Å². The molecule has 0 radical (unpaired) electrons. The van der Waals surface area contributed by atoms with Gasteiger partial charge in [-0.3, -0.25) is 0 Å². The molecule has 100 valence electrons. The van der Waals surface area contributed by atoms with Crippen molar-refractivity contribution in [1.29, 1.82) is 0 Å². The Bertz CT molecular complexity index is 598. The molecular weight excluding hydrogens is 242 g/mol. The molecule has 1 aromatic carbocycles. The molecule has 0 saturated carbocycles. The summed E-state index contributed by atoms with van der Waals surface area (Å²) >= 11 is 0. The van der Waals surface area contributed by atoms with Gasteiger partial charge >= 0.3 is 5.97 Å². The third-order valence-corrected chi connectivity index (χ3v) is 3.04. The van der Waals surface area contributed by atoms with Crippen molar-refractivity contribution in [1.82, 2.24) is 9.97 Å². The molecule has 19 heavy (non-hydrogen) atoms. The third-order valence-electron chi connectivity index (χ3n) is 3.04. The molecule has 0 bridgehead atoms. The largest absolute Gasteiger partial charge is 0.478 e. The maximum Gasteiger partial charge on any atom is 0.335 e. The molecule has 0 atom stereocenters. The Labute approximate surface area is 111 Å². The molecule has 0 aliphatic rings. The van der Waals surface area contributed by atoms with Gasteiger partial charge in [-0.1, -0.05) is 6.92 Å². The molecule has 0 fully saturated rings. The van der Waals surface area contributed by atoms with E-state index in [2.05, 4.69) is 28.7 Å². The summed E-state index contributed by atoms with van der Waals surface area (Å²) in [5, 5.41) is 9.89. The molecule has 2 rings (SSSR count). The highest BCUT2D eigenvalue weighted by Gasteiger charge is 2.12. The van der Waals surface area contributed by atoms with Crippen LogP contribution >= 0.6 is 0 Å². The first-order chi connectivity index (χ1) is 9.17. The number of hydrogen-bond acceptors (Lipinski definition) is 4. The maximum atomic E-state index is 11.0. The Hall–Kier alpha value is -2.17. The molecule has 0 aliphatic heterocycles. The minimum absolute atomic E-state index is 0.246. The van der Waals surface area contributed by atoms with Gasteiger partial charge < -0.3 is 10.0 Å². The van der Waals surface area contributed by atoms with Gasteiger partial charge in [0.1, 0.15) is 12.1 Å². The van der Waals surface area contributed by atoms with E-state index >= 15 is 0 Å². The standard InChI is InChI=1S/C14H17N3O2/c1-3-7-17(4-2)13-11-6-5-10(14(18)19)8-12(11)15-9-16-13/h5-6,8-9H,3-4,7H2,1-2H3,(H,18,19). The predicted octanol–water partition coefficient (Wildman–Crippen LogP) is 2.56. The lowest BCUT2D eigenvalue weighted by atomic mass is 10.1. The van der Waals surface area contributed by atoms with Gasteiger partial charge in [0.25, 0.3) is 0 Å². The van der Waals surface area contributed by atoms with E-state index in [1.54, 1.807) is 18.2 Å². The molecule has 1 N–H and O–H groups in total. The number of carboxylic acid groups (broad SMARTS) is 1. The predicted molar refractivity (Wildman–Crippen MR) is 74.7 cm³/mol. The molecule has 0 aliphatic carbocycles. The number of fused-ring (bicyclic) bond motifs is 1. The van der Waals surface area contributed by atoms with Gasteiger partial charge in [0.2, 0.25) is 0 Å². The van der Waals surface area contributed by atoms with Crippen molar-refractivity contribution in [3.8, 4) is 0 Å². The number of aromatic carboxylic acids is 1. The molecular formula is C14H17N3O2. The van der Waals surface area contributed by atoms with E-state index < -0.39 is 5.97 Å². The second-order valence-electron chi connectivity index (χ2n) is 4.31. The number of aromatic nitrogens is 2. The minimum Gasteiger partial charge on any atom is -0.478 e. The normalized spacial score (nSPS) is 10.6. The summed E-state index contributed by atoms with van der Waals surface area (Å²) < 4.78 is 0. The van der Waals surface area contributed by atoms with Gasteiger partial charge in [-0.25, -0.2) is 14.8 Å². The van der Waals surface area contributed by atoms with Crippen LogP contribution in [0.4, 0.5) is 5.82 Å². The Balaban J connectivity index is 2.54. The quantitative estimate of drug-likeness (QED) is 0.893. The highest BCUT2D eigenvalue weighted by molar-refractivity contribution is 5.96. The fraction of sp³-hybridized carbons (Fsp3) is 0.357. The zero-order chi connectivity index (χ0) is 13.8. The lowest BCUT2D eigenvalue weighted by Crippen LogP contribution is -2.24. The summed E-state index contributed by atoms with van der Waals surface area (Å²) in [4.78, 5) is 21.6. The van der Waals surface area contributed by atoms with Crippen molar-refractivity contribution < 1.29 is 9.90 Å². The maximum absolute atomic E-state index is 11.0. The van der Waals surface area contributed by atoms with E-state index in [1.165, 1.54) is 6.33 Å². The van der Waals surface area contributed by atoms with E-state index in [9.17, 15) is 4.79 Å². The zero-order valence-corrected chi connectivity index (χ0v) is 11.1. The average molecular weight is 259 g/mol. The van der Waals surface area contributed by atoms with E-state index in [-0.39, 0.29) is 5.56 Å². The number of benzene rings is 1. The highest BCUT2D eigenvalue weighted by Crippen LogP contribution is 2.23. The second-order valence-corrected chi connectivity index (χ2v) is 4.31. The first-order valence-electron chi connectivity index (χ1n) is 6.40. The zero-order valence-electron chi connectivity index (χ0n) is 11.1. The SMILES string of the molecule is CCCN(CC)c1ncnc2cc(C(=O)O)ccc12. The Morgan fingerprint density at radius 1 is 1.32 bits per heavy atom. The molecule has 0 spiro atoms. The third kappa shape index (κ3) is 2.65. The van der Waals surface area contributed by atoms with Crippen LogP contribution in [0.15, 0.2) is 24.5 Å². The summed E-state index contributed by atoms with van der Waals surface area (Å²) in [5.41, 5.74) is 0.912. The first-order valence-corrected chi connectivity index (χ1v) is 6.40. The number of nitrogens with zero attached hydrogens (tertiary/aromatic N) is 3. The van der Waals surface area contributed by atoms with E-state index in [0.29, 0.717) is 5.52 Å². The van der Waals surface area contributed by atoms with Crippen molar-refractivity contribution in [3.05, 3.63) is 30.1 Å². The van der Waals surface area contributed by atoms with Gasteiger partial charge in [-0.2, -0.15) is 0 Å².